The summed E-state index contributed by atoms with van der Waals surface area (Å²) in [6, 6.07) is 21.8. The van der Waals surface area contributed by atoms with Gasteiger partial charge in [0, 0.05) is 11.1 Å². The van der Waals surface area contributed by atoms with Crippen LogP contribution in [0.1, 0.15) is 35.7 Å². The molecule has 1 heterocycles. The number of unbranched alkanes of at least 4 members (excludes halogenated alkanes) is 1. The molecule has 0 saturated heterocycles. The van der Waals surface area contributed by atoms with Gasteiger partial charge in [0.15, 0.2) is 5.82 Å². The number of nitrogens with zero attached hydrogens (tertiary/aromatic N) is 2. The predicted octanol–water partition coefficient (Wildman–Crippen LogP) is 4.80. The summed E-state index contributed by atoms with van der Waals surface area (Å²) in [7, 11) is 1.58. The van der Waals surface area contributed by atoms with E-state index in [1.807, 2.05) is 36.4 Å². The highest BCUT2D eigenvalue weighted by atomic mass is 16.5. The lowest BCUT2D eigenvalue weighted by atomic mass is 10.1. The summed E-state index contributed by atoms with van der Waals surface area (Å²) in [5.74, 6) is 0.585. The van der Waals surface area contributed by atoms with E-state index >= 15 is 0 Å². The minimum Gasteiger partial charge on any atom is -0.497 e. The van der Waals surface area contributed by atoms with Crippen LogP contribution in [0.2, 0.25) is 0 Å². The zero-order valence-corrected chi connectivity index (χ0v) is 18.2. The van der Waals surface area contributed by atoms with Crippen LogP contribution < -0.4 is 15.7 Å². The molecule has 1 aromatic heterocycles. The van der Waals surface area contributed by atoms with E-state index in [0.29, 0.717) is 33.6 Å². The lowest BCUT2D eigenvalue weighted by Crippen LogP contribution is -2.35. The largest absolute Gasteiger partial charge is 0.497 e. The first kappa shape index (κ1) is 21.3. The smallest absolute Gasteiger partial charge is 0.280 e. The van der Waals surface area contributed by atoms with E-state index in [1.54, 1.807) is 43.5 Å². The number of para-hydroxylation sites is 1. The molecule has 3 aromatic carbocycles. The zero-order chi connectivity index (χ0) is 22.5. The van der Waals surface area contributed by atoms with Crippen LogP contribution in [-0.4, -0.2) is 22.7 Å². The van der Waals surface area contributed by atoms with E-state index in [1.165, 1.54) is 10.2 Å². The Morgan fingerprint density at radius 1 is 1.03 bits per heavy atom. The molecular weight excluding hydrogens is 402 g/mol. The van der Waals surface area contributed by atoms with Crippen molar-refractivity contribution >= 4 is 16.8 Å². The molecule has 0 fully saturated rings. The van der Waals surface area contributed by atoms with Gasteiger partial charge in [0.25, 0.3) is 11.5 Å². The van der Waals surface area contributed by atoms with E-state index in [-0.39, 0.29) is 11.5 Å². The molecule has 1 amide bonds. The van der Waals surface area contributed by atoms with Gasteiger partial charge in [-0.3, -0.25) is 15.0 Å². The predicted molar refractivity (Wildman–Crippen MR) is 127 cm³/mol. The zero-order valence-electron chi connectivity index (χ0n) is 18.2. The maximum absolute atomic E-state index is 13.3. The number of ether oxygens (including phenoxy) is 1. The second-order valence-electron chi connectivity index (χ2n) is 7.57. The number of rotatable bonds is 7. The number of amides is 1. The van der Waals surface area contributed by atoms with E-state index < -0.39 is 0 Å². The second kappa shape index (κ2) is 9.47. The van der Waals surface area contributed by atoms with E-state index in [9.17, 15) is 9.59 Å². The maximum Gasteiger partial charge on any atom is 0.280 e. The van der Waals surface area contributed by atoms with Gasteiger partial charge < -0.3 is 4.74 Å². The van der Waals surface area contributed by atoms with Crippen LogP contribution in [-0.2, 0) is 6.42 Å². The Kier molecular flexibility index (Phi) is 6.31. The average molecular weight is 428 g/mol. The third kappa shape index (κ3) is 4.39. The first-order valence-electron chi connectivity index (χ1n) is 10.7. The molecule has 0 aliphatic carbocycles. The number of hydrogen-bond acceptors (Lipinski definition) is 4. The SMILES string of the molecule is CCCCc1ccc(C(=O)Nn2c(-c3cccc(OC)c3)nc3ccccc3c2=O)cc1. The summed E-state index contributed by atoms with van der Waals surface area (Å²) in [6.07, 6.45) is 3.20. The van der Waals surface area contributed by atoms with E-state index in [2.05, 4.69) is 17.3 Å². The molecule has 4 aromatic rings. The third-order valence-electron chi connectivity index (χ3n) is 5.35. The molecule has 162 valence electrons. The van der Waals surface area contributed by atoms with Gasteiger partial charge in [0.1, 0.15) is 5.75 Å². The highest BCUT2D eigenvalue weighted by Crippen LogP contribution is 2.23. The Morgan fingerprint density at radius 3 is 2.56 bits per heavy atom. The molecule has 0 unspecified atom stereocenters. The van der Waals surface area contributed by atoms with Crippen LogP contribution in [0.3, 0.4) is 0 Å². The van der Waals surface area contributed by atoms with Gasteiger partial charge in [-0.15, -0.1) is 0 Å². The molecule has 0 aliphatic rings. The number of carbonyl (C=O) groups excluding carboxylic acids is 1. The summed E-state index contributed by atoms with van der Waals surface area (Å²) >= 11 is 0. The van der Waals surface area contributed by atoms with Gasteiger partial charge in [-0.1, -0.05) is 49.7 Å². The van der Waals surface area contributed by atoms with E-state index in [4.69, 9.17) is 4.74 Å². The first-order valence-corrected chi connectivity index (χ1v) is 10.7. The molecule has 4 rings (SSSR count). The van der Waals surface area contributed by atoms with Crippen LogP contribution in [0.4, 0.5) is 0 Å². The number of aryl methyl sites for hydroxylation is 1. The molecule has 0 radical (unpaired) electrons. The fraction of sp³-hybridized carbons (Fsp3) is 0.192. The van der Waals surface area contributed by atoms with Crippen molar-refractivity contribution in [3.05, 3.63) is 94.3 Å². The van der Waals surface area contributed by atoms with Crippen molar-refractivity contribution in [3.63, 3.8) is 0 Å². The van der Waals surface area contributed by atoms with Crippen LogP contribution in [0.25, 0.3) is 22.3 Å². The number of benzene rings is 3. The number of carbonyl (C=O) groups is 1. The highest BCUT2D eigenvalue weighted by Gasteiger charge is 2.16. The van der Waals surface area contributed by atoms with Crippen molar-refractivity contribution in [3.8, 4) is 17.1 Å². The van der Waals surface area contributed by atoms with E-state index in [0.717, 1.165) is 19.3 Å². The molecule has 0 saturated carbocycles. The van der Waals surface area contributed by atoms with Gasteiger partial charge in [0.2, 0.25) is 0 Å². The summed E-state index contributed by atoms with van der Waals surface area (Å²) in [6.45, 7) is 2.15. The standard InChI is InChI=1S/C26H25N3O3/c1-3-4-8-18-13-15-19(16-14-18)25(30)28-29-24(20-9-7-10-21(17-20)32-2)27-23-12-6-5-11-22(23)26(29)31/h5-7,9-17H,3-4,8H2,1-2H3,(H,28,30). The fourth-order valence-corrected chi connectivity index (χ4v) is 3.56. The molecule has 1 N–H and O–H groups in total. The number of methoxy groups -OCH3 is 1. The van der Waals surface area contributed by atoms with Gasteiger partial charge in [-0.05, 0) is 54.8 Å². The summed E-state index contributed by atoms with van der Waals surface area (Å²) in [5, 5.41) is 0.425. The third-order valence-corrected chi connectivity index (χ3v) is 5.35. The van der Waals surface area contributed by atoms with Crippen LogP contribution in [0, 0.1) is 0 Å². The lowest BCUT2D eigenvalue weighted by molar-refractivity contribution is 0.101. The lowest BCUT2D eigenvalue weighted by Gasteiger charge is -2.15. The Hall–Kier alpha value is -3.93. The average Bonchev–Trinajstić information content (AvgIpc) is 2.84. The molecule has 0 spiro atoms. The number of aromatic nitrogens is 2. The Labute approximate surface area is 186 Å². The number of nitrogens with one attached hydrogen (secondary N) is 1. The van der Waals surface area contributed by atoms with Crippen molar-refractivity contribution in [2.24, 2.45) is 0 Å². The molecule has 6 heteroatoms. The molecule has 0 atom stereocenters. The molecule has 32 heavy (non-hydrogen) atoms. The minimum absolute atomic E-state index is 0.334. The number of hydrogen-bond donors (Lipinski definition) is 1. The van der Waals surface area contributed by atoms with Crippen LogP contribution >= 0.6 is 0 Å². The van der Waals surface area contributed by atoms with Gasteiger partial charge in [-0.25, -0.2) is 4.98 Å². The molecule has 0 bridgehead atoms. The van der Waals surface area contributed by atoms with Crippen molar-refractivity contribution in [2.45, 2.75) is 26.2 Å². The first-order chi connectivity index (χ1) is 15.6. The van der Waals surface area contributed by atoms with Crippen LogP contribution in [0.5, 0.6) is 5.75 Å². The Morgan fingerprint density at radius 2 is 1.81 bits per heavy atom. The summed E-state index contributed by atoms with van der Waals surface area (Å²) in [4.78, 5) is 31.0. The fourth-order valence-electron chi connectivity index (χ4n) is 3.56. The van der Waals surface area contributed by atoms with Gasteiger partial charge in [0.05, 0.1) is 18.0 Å². The van der Waals surface area contributed by atoms with Crippen molar-refractivity contribution in [1.82, 2.24) is 9.66 Å². The molecule has 0 aliphatic heterocycles. The van der Waals surface area contributed by atoms with Crippen LogP contribution in [0.15, 0.2) is 77.6 Å². The maximum atomic E-state index is 13.3. The molecule has 6 nitrogen and oxygen atoms in total. The Balaban J connectivity index is 1.76. The minimum atomic E-state index is -0.379. The quantitative estimate of drug-likeness (QED) is 0.460. The monoisotopic (exact) mass is 427 g/mol. The van der Waals surface area contributed by atoms with Crippen molar-refractivity contribution < 1.29 is 9.53 Å². The summed E-state index contributed by atoms with van der Waals surface area (Å²) < 4.78 is 6.53. The van der Waals surface area contributed by atoms with Crippen molar-refractivity contribution in [2.75, 3.05) is 12.5 Å². The highest BCUT2D eigenvalue weighted by molar-refractivity contribution is 6.00. The van der Waals surface area contributed by atoms with Gasteiger partial charge in [-0.2, -0.15) is 4.68 Å². The van der Waals surface area contributed by atoms with Crippen molar-refractivity contribution in [1.29, 1.82) is 0 Å². The Bertz CT molecular complexity index is 1310. The van der Waals surface area contributed by atoms with Gasteiger partial charge >= 0.3 is 0 Å². The normalized spacial score (nSPS) is 10.8. The summed E-state index contributed by atoms with van der Waals surface area (Å²) in [5.41, 5.74) is 5.27. The second-order valence-corrected chi connectivity index (χ2v) is 7.57. The topological polar surface area (TPSA) is 73.2 Å². The molecular formula is C26H25N3O3. The number of fused-ring (bicyclic) bond motifs is 1.